The Bertz CT molecular complexity index is 1450. The minimum Gasteiger partial charge on any atom is -0.374 e. The SMILES string of the molecule is CC[n+]1ccc(/C=C/c2ccc(N(C)CCSSCCN(C)c3ccc(/C=C/C4=C[NH+](CC)C(F)=C4)cc3)cc2)cc1F. The number of halogens is 2. The number of rotatable bonds is 15. The lowest BCUT2D eigenvalue weighted by Gasteiger charge is -2.20. The van der Waals surface area contributed by atoms with Crippen molar-refractivity contribution in [2.75, 3.05) is 55.0 Å². The zero-order valence-corrected chi connectivity index (χ0v) is 27.1. The second-order valence-electron chi connectivity index (χ2n) is 10.4. The first-order chi connectivity index (χ1) is 20.9. The summed E-state index contributed by atoms with van der Waals surface area (Å²) < 4.78 is 29.4. The standard InChI is InChI=1S/C35H41F2N4S2/c1-5-40-20-19-30(25-34(40)36)9-7-28-11-15-32(16-12-28)38(3)21-23-42-43-24-22-39(4)33-17-13-29(14-18-33)8-10-31-26-35(37)41(6-2)27-31/h7-20,25-27H,5-6,21-24H2,1-4H3/q+1/p+1/b10-8+. The van der Waals surface area contributed by atoms with Crippen LogP contribution in [-0.4, -0.2) is 45.2 Å². The number of allylic oxidation sites excluding steroid dienone is 3. The Labute approximate surface area is 263 Å². The molecular weight excluding hydrogens is 579 g/mol. The van der Waals surface area contributed by atoms with Crippen LogP contribution in [0, 0.1) is 5.95 Å². The molecule has 1 aromatic heterocycles. The highest BCUT2D eigenvalue weighted by molar-refractivity contribution is 8.76. The van der Waals surface area contributed by atoms with Gasteiger partial charge in [0, 0.05) is 73.8 Å². The average Bonchev–Trinajstić information content (AvgIpc) is 3.40. The number of benzene rings is 2. The van der Waals surface area contributed by atoms with E-state index in [1.54, 1.807) is 22.9 Å². The van der Waals surface area contributed by atoms with Crippen molar-refractivity contribution in [3.05, 3.63) is 119 Å². The summed E-state index contributed by atoms with van der Waals surface area (Å²) in [6.07, 6.45) is 13.2. The van der Waals surface area contributed by atoms with E-state index >= 15 is 0 Å². The first-order valence-corrected chi connectivity index (χ1v) is 17.2. The number of pyridine rings is 1. The Balaban J connectivity index is 1.13. The lowest BCUT2D eigenvalue weighted by molar-refractivity contribution is -0.812. The molecule has 2 heterocycles. The molecule has 1 aliphatic rings. The van der Waals surface area contributed by atoms with Gasteiger partial charge in [-0.05, 0) is 60.9 Å². The molecule has 1 N–H and O–H groups in total. The second kappa shape index (κ2) is 16.5. The number of nitrogens with zero attached hydrogens (tertiary/aromatic N) is 3. The monoisotopic (exact) mass is 620 g/mol. The molecule has 1 aliphatic heterocycles. The molecule has 4 nitrogen and oxygen atoms in total. The first-order valence-electron chi connectivity index (χ1n) is 14.7. The molecule has 0 fully saturated rings. The highest BCUT2D eigenvalue weighted by Gasteiger charge is 2.17. The van der Waals surface area contributed by atoms with Gasteiger partial charge >= 0.3 is 5.95 Å². The van der Waals surface area contributed by atoms with E-state index in [4.69, 9.17) is 0 Å². The highest BCUT2D eigenvalue weighted by atomic mass is 33.1. The van der Waals surface area contributed by atoms with E-state index in [9.17, 15) is 8.78 Å². The Hall–Kier alpha value is -3.33. The molecule has 3 aromatic rings. The van der Waals surface area contributed by atoms with Crippen molar-refractivity contribution in [3.63, 3.8) is 0 Å². The summed E-state index contributed by atoms with van der Waals surface area (Å²) in [6.45, 7) is 7.17. The van der Waals surface area contributed by atoms with Gasteiger partial charge in [-0.2, -0.15) is 4.57 Å². The van der Waals surface area contributed by atoms with Crippen molar-refractivity contribution in [2.45, 2.75) is 20.4 Å². The van der Waals surface area contributed by atoms with Gasteiger partial charge in [-0.1, -0.05) is 64.1 Å². The summed E-state index contributed by atoms with van der Waals surface area (Å²) in [7, 11) is 8.06. The quantitative estimate of drug-likeness (QED) is 0.0655. The van der Waals surface area contributed by atoms with Gasteiger partial charge in [0.2, 0.25) is 0 Å². The number of aromatic nitrogens is 1. The Morgan fingerprint density at radius 3 is 1.77 bits per heavy atom. The Morgan fingerprint density at radius 2 is 1.28 bits per heavy atom. The van der Waals surface area contributed by atoms with E-state index in [-0.39, 0.29) is 11.9 Å². The van der Waals surface area contributed by atoms with Crippen molar-refractivity contribution < 1.29 is 18.2 Å². The molecule has 2 aromatic carbocycles. The molecule has 8 heteroatoms. The van der Waals surface area contributed by atoms with Crippen LogP contribution in [0.15, 0.2) is 96.7 Å². The molecule has 0 amide bonds. The van der Waals surface area contributed by atoms with Crippen LogP contribution in [0.4, 0.5) is 20.2 Å². The largest absolute Gasteiger partial charge is 0.374 e. The molecule has 0 spiro atoms. The molecule has 0 radical (unpaired) electrons. The number of hydrogen-bond acceptors (Lipinski definition) is 4. The second-order valence-corrected chi connectivity index (χ2v) is 13.1. The summed E-state index contributed by atoms with van der Waals surface area (Å²) >= 11 is 0. The number of quaternary nitrogens is 1. The minimum atomic E-state index is -0.223. The lowest BCUT2D eigenvalue weighted by atomic mass is 10.1. The molecule has 43 heavy (non-hydrogen) atoms. The van der Waals surface area contributed by atoms with Crippen LogP contribution in [0.5, 0.6) is 0 Å². The van der Waals surface area contributed by atoms with Crippen LogP contribution in [0.2, 0.25) is 0 Å². The fourth-order valence-corrected chi connectivity index (χ4v) is 6.67. The van der Waals surface area contributed by atoms with E-state index in [1.165, 1.54) is 11.4 Å². The van der Waals surface area contributed by atoms with Crippen LogP contribution < -0.4 is 19.3 Å². The third kappa shape index (κ3) is 9.85. The van der Waals surface area contributed by atoms with Gasteiger partial charge in [0.1, 0.15) is 12.7 Å². The molecule has 0 saturated heterocycles. The molecule has 0 bridgehead atoms. The summed E-state index contributed by atoms with van der Waals surface area (Å²) in [4.78, 5) is 5.32. The Morgan fingerprint density at radius 1 is 0.744 bits per heavy atom. The number of anilines is 2. The van der Waals surface area contributed by atoms with Crippen LogP contribution in [0.3, 0.4) is 0 Å². The molecule has 0 aliphatic carbocycles. The van der Waals surface area contributed by atoms with E-state index in [0.29, 0.717) is 13.1 Å². The maximum absolute atomic E-state index is 14.0. The van der Waals surface area contributed by atoms with E-state index in [0.717, 1.165) is 51.8 Å². The maximum Gasteiger partial charge on any atom is 0.360 e. The zero-order chi connectivity index (χ0) is 30.6. The van der Waals surface area contributed by atoms with Crippen LogP contribution >= 0.6 is 21.6 Å². The maximum atomic E-state index is 14.0. The summed E-state index contributed by atoms with van der Waals surface area (Å²) in [6, 6.07) is 20.4. The number of hydrogen-bond donors (Lipinski definition) is 1. The van der Waals surface area contributed by atoms with Gasteiger partial charge in [-0.25, -0.2) is 0 Å². The van der Waals surface area contributed by atoms with Crippen molar-refractivity contribution in [1.82, 2.24) is 0 Å². The summed E-state index contributed by atoms with van der Waals surface area (Å²) in [5.41, 5.74) is 6.32. The molecule has 1 unspecified atom stereocenters. The van der Waals surface area contributed by atoms with Gasteiger partial charge in [0.15, 0.2) is 6.20 Å². The van der Waals surface area contributed by atoms with Crippen LogP contribution in [-0.2, 0) is 6.54 Å². The Kier molecular flexibility index (Phi) is 12.5. The van der Waals surface area contributed by atoms with E-state index < -0.39 is 0 Å². The fourth-order valence-electron chi connectivity index (χ4n) is 4.58. The fraction of sp³-hybridized carbons (Fsp3) is 0.286. The average molecular weight is 621 g/mol. The molecule has 0 saturated carbocycles. The highest BCUT2D eigenvalue weighted by Crippen LogP contribution is 2.24. The normalized spacial score (nSPS) is 14.9. The molecule has 226 valence electrons. The third-order valence-corrected chi connectivity index (χ3v) is 9.74. The van der Waals surface area contributed by atoms with Crippen molar-refractivity contribution in [3.8, 4) is 0 Å². The minimum absolute atomic E-state index is 0.119. The predicted molar refractivity (Wildman–Crippen MR) is 183 cm³/mol. The smallest absolute Gasteiger partial charge is 0.360 e. The predicted octanol–water partition coefficient (Wildman–Crippen LogP) is 6.88. The van der Waals surface area contributed by atoms with Gasteiger partial charge in [-0.15, -0.1) is 8.78 Å². The molecular formula is C35H42F2N4S2+2. The topological polar surface area (TPSA) is 14.8 Å². The zero-order valence-electron chi connectivity index (χ0n) is 25.5. The van der Waals surface area contributed by atoms with Crippen molar-refractivity contribution >= 4 is 51.2 Å². The molecule has 1 atom stereocenters. The number of aryl methyl sites for hydroxylation is 1. The molecule has 4 rings (SSSR count). The van der Waals surface area contributed by atoms with Crippen LogP contribution in [0.1, 0.15) is 30.5 Å². The van der Waals surface area contributed by atoms with E-state index in [1.807, 2.05) is 72.0 Å². The lowest BCUT2D eigenvalue weighted by Crippen LogP contribution is -3.03. The van der Waals surface area contributed by atoms with Crippen molar-refractivity contribution in [2.24, 2.45) is 0 Å². The van der Waals surface area contributed by atoms with Gasteiger partial charge in [0.25, 0.3) is 5.95 Å². The van der Waals surface area contributed by atoms with Gasteiger partial charge in [0.05, 0.1) is 6.54 Å². The first kappa shape index (κ1) is 32.6. The summed E-state index contributed by atoms with van der Waals surface area (Å²) in [5, 5.41) is 0. The van der Waals surface area contributed by atoms with Gasteiger partial charge < -0.3 is 9.80 Å². The van der Waals surface area contributed by atoms with Crippen LogP contribution in [0.25, 0.3) is 18.2 Å². The van der Waals surface area contributed by atoms with Crippen molar-refractivity contribution in [1.29, 1.82) is 0 Å². The third-order valence-electron chi connectivity index (χ3n) is 7.38. The summed E-state index contributed by atoms with van der Waals surface area (Å²) in [5.74, 6) is 1.74. The van der Waals surface area contributed by atoms with E-state index in [2.05, 4.69) is 72.4 Å². The number of nitrogens with one attached hydrogen (secondary N) is 1. The van der Waals surface area contributed by atoms with Gasteiger partial charge in [-0.3, -0.25) is 4.90 Å².